The number of amides is 2. The summed E-state index contributed by atoms with van der Waals surface area (Å²) >= 11 is 0. The molecule has 4 heteroatoms. The molecule has 0 aliphatic carbocycles. The van der Waals surface area contributed by atoms with Crippen molar-refractivity contribution in [1.82, 2.24) is 10.6 Å². The van der Waals surface area contributed by atoms with E-state index in [2.05, 4.69) is 59.2 Å². The highest BCUT2D eigenvalue weighted by Gasteiger charge is 1.99. The van der Waals surface area contributed by atoms with Gasteiger partial charge in [-0.05, 0) is 41.5 Å². The van der Waals surface area contributed by atoms with Gasteiger partial charge < -0.3 is 10.6 Å². The zero-order valence-electron chi connectivity index (χ0n) is 13.1. The van der Waals surface area contributed by atoms with Crippen LogP contribution < -0.4 is 10.6 Å². The summed E-state index contributed by atoms with van der Waals surface area (Å²) in [4.78, 5) is 20.4. The van der Waals surface area contributed by atoms with Gasteiger partial charge in [0.25, 0.3) is 0 Å². The molecule has 0 heterocycles. The topological polar surface area (TPSA) is 58.2 Å². The van der Waals surface area contributed by atoms with Crippen molar-refractivity contribution in [2.75, 3.05) is 13.1 Å². The predicted octanol–water partition coefficient (Wildman–Crippen LogP) is 1.85. The number of hydrogen-bond acceptors (Lipinski definition) is 2. The molecule has 0 saturated heterocycles. The molecular formula is C19H22N2O2. The molecular weight excluding hydrogens is 288 g/mol. The lowest BCUT2D eigenvalue weighted by Crippen LogP contribution is -2.14. The van der Waals surface area contributed by atoms with Gasteiger partial charge in [0.15, 0.2) is 0 Å². The summed E-state index contributed by atoms with van der Waals surface area (Å²) in [7, 11) is 0. The van der Waals surface area contributed by atoms with E-state index in [0.717, 1.165) is 32.1 Å². The highest BCUT2D eigenvalue weighted by Crippen LogP contribution is 2.12. The lowest BCUT2D eigenvalue weighted by molar-refractivity contribution is -0.110. The Morgan fingerprint density at radius 2 is 0.957 bits per heavy atom. The minimum absolute atomic E-state index is 0.670. The predicted molar refractivity (Wildman–Crippen MR) is 91.2 cm³/mol. The maximum atomic E-state index is 10.2. The number of rotatable bonds is 10. The first kappa shape index (κ1) is 16.7. The van der Waals surface area contributed by atoms with Crippen molar-refractivity contribution in [2.45, 2.75) is 19.3 Å². The smallest absolute Gasteiger partial charge is 0.207 e. The summed E-state index contributed by atoms with van der Waals surface area (Å²) in [5.41, 5.74) is 4.99. The molecule has 0 aliphatic heterocycles. The molecule has 0 fully saturated rings. The van der Waals surface area contributed by atoms with Gasteiger partial charge >= 0.3 is 0 Å². The number of nitrogens with one attached hydrogen (secondary N) is 2. The van der Waals surface area contributed by atoms with Gasteiger partial charge in [-0.3, -0.25) is 9.59 Å². The average molecular weight is 310 g/mol. The Kier molecular flexibility index (Phi) is 6.85. The molecule has 0 aromatic heterocycles. The zero-order valence-corrected chi connectivity index (χ0v) is 13.1. The summed E-state index contributed by atoms with van der Waals surface area (Å²) < 4.78 is 0. The Bertz CT molecular complexity index is 551. The lowest BCUT2D eigenvalue weighted by atomic mass is 10.0. The number of carbonyl (C=O) groups is 2. The fourth-order valence-electron chi connectivity index (χ4n) is 2.43. The van der Waals surface area contributed by atoms with Crippen LogP contribution in [0, 0.1) is 0 Å². The summed E-state index contributed by atoms with van der Waals surface area (Å²) in [6, 6.07) is 17.0. The molecule has 23 heavy (non-hydrogen) atoms. The molecule has 0 aliphatic rings. The molecule has 0 unspecified atom stereocenters. The van der Waals surface area contributed by atoms with Crippen molar-refractivity contribution in [3.05, 3.63) is 70.8 Å². The maximum absolute atomic E-state index is 10.2. The molecule has 2 amide bonds. The van der Waals surface area contributed by atoms with E-state index >= 15 is 0 Å². The van der Waals surface area contributed by atoms with E-state index in [4.69, 9.17) is 0 Å². The Hall–Kier alpha value is -2.62. The minimum atomic E-state index is 0.670. The van der Waals surface area contributed by atoms with Crippen molar-refractivity contribution in [3.63, 3.8) is 0 Å². The van der Waals surface area contributed by atoms with Gasteiger partial charge in [-0.2, -0.15) is 0 Å². The Balaban J connectivity index is 1.86. The van der Waals surface area contributed by atoms with E-state index in [0.29, 0.717) is 13.1 Å². The minimum Gasteiger partial charge on any atom is -0.358 e. The second kappa shape index (κ2) is 9.41. The summed E-state index contributed by atoms with van der Waals surface area (Å²) in [5.74, 6) is 0. The van der Waals surface area contributed by atoms with Crippen molar-refractivity contribution in [2.24, 2.45) is 0 Å². The first-order chi connectivity index (χ1) is 11.3. The molecule has 0 radical (unpaired) electrons. The highest BCUT2D eigenvalue weighted by molar-refractivity contribution is 5.46. The number of carbonyl (C=O) groups excluding carboxylic acids is 2. The second-order valence-corrected chi connectivity index (χ2v) is 5.45. The van der Waals surface area contributed by atoms with Crippen LogP contribution in [0.2, 0.25) is 0 Å². The van der Waals surface area contributed by atoms with Gasteiger partial charge in [-0.25, -0.2) is 0 Å². The van der Waals surface area contributed by atoms with Crippen LogP contribution in [0.5, 0.6) is 0 Å². The second-order valence-electron chi connectivity index (χ2n) is 5.45. The van der Waals surface area contributed by atoms with Crippen LogP contribution in [0.1, 0.15) is 22.3 Å². The summed E-state index contributed by atoms with van der Waals surface area (Å²) in [6.07, 6.45) is 4.06. The fraction of sp³-hybridized carbons (Fsp3) is 0.263. The van der Waals surface area contributed by atoms with Crippen molar-refractivity contribution in [1.29, 1.82) is 0 Å². The third kappa shape index (κ3) is 5.94. The van der Waals surface area contributed by atoms with Crippen molar-refractivity contribution >= 4 is 12.8 Å². The van der Waals surface area contributed by atoms with Gasteiger partial charge in [0.1, 0.15) is 0 Å². The average Bonchev–Trinajstić information content (AvgIpc) is 2.58. The van der Waals surface area contributed by atoms with E-state index < -0.39 is 0 Å². The van der Waals surface area contributed by atoms with E-state index in [-0.39, 0.29) is 0 Å². The van der Waals surface area contributed by atoms with E-state index in [1.165, 1.54) is 22.3 Å². The van der Waals surface area contributed by atoms with Crippen LogP contribution in [-0.4, -0.2) is 25.9 Å². The molecule has 4 nitrogen and oxygen atoms in total. The van der Waals surface area contributed by atoms with Gasteiger partial charge in [-0.15, -0.1) is 0 Å². The van der Waals surface area contributed by atoms with Gasteiger partial charge in [-0.1, -0.05) is 48.5 Å². The first-order valence-electron chi connectivity index (χ1n) is 7.81. The molecule has 0 atom stereocenters. The van der Waals surface area contributed by atoms with Crippen LogP contribution in [0.15, 0.2) is 48.5 Å². The molecule has 2 aromatic carbocycles. The standard InChI is InChI=1S/C19H22N2O2/c22-14-20-11-9-16-1-5-18(6-2-16)13-19-7-3-17(4-8-19)10-12-21-15-23/h1-8,14-15H,9-13H2,(H,20,22)(H,21,23). The molecule has 0 saturated carbocycles. The van der Waals surface area contributed by atoms with E-state index in [1.807, 2.05) is 0 Å². The normalized spacial score (nSPS) is 10.1. The van der Waals surface area contributed by atoms with Crippen LogP contribution in [0.4, 0.5) is 0 Å². The largest absolute Gasteiger partial charge is 0.358 e. The molecule has 0 spiro atoms. The van der Waals surface area contributed by atoms with Crippen LogP contribution in [0.25, 0.3) is 0 Å². The quantitative estimate of drug-likeness (QED) is 0.520. The zero-order chi connectivity index (χ0) is 16.3. The van der Waals surface area contributed by atoms with E-state index in [1.54, 1.807) is 0 Å². The SMILES string of the molecule is O=CNCCc1ccc(Cc2ccc(CCNC=O)cc2)cc1. The van der Waals surface area contributed by atoms with Gasteiger partial charge in [0.2, 0.25) is 12.8 Å². The van der Waals surface area contributed by atoms with E-state index in [9.17, 15) is 9.59 Å². The van der Waals surface area contributed by atoms with Crippen molar-refractivity contribution < 1.29 is 9.59 Å². The third-order valence-corrected chi connectivity index (χ3v) is 3.74. The molecule has 120 valence electrons. The molecule has 2 aromatic rings. The maximum Gasteiger partial charge on any atom is 0.207 e. The van der Waals surface area contributed by atoms with Crippen LogP contribution in [0.3, 0.4) is 0 Å². The first-order valence-corrected chi connectivity index (χ1v) is 7.81. The third-order valence-electron chi connectivity index (χ3n) is 3.74. The van der Waals surface area contributed by atoms with Crippen molar-refractivity contribution in [3.8, 4) is 0 Å². The Morgan fingerprint density at radius 1 is 0.609 bits per heavy atom. The van der Waals surface area contributed by atoms with Crippen LogP contribution in [-0.2, 0) is 28.9 Å². The van der Waals surface area contributed by atoms with Crippen LogP contribution >= 0.6 is 0 Å². The summed E-state index contributed by atoms with van der Waals surface area (Å²) in [6.45, 7) is 1.34. The number of benzene rings is 2. The molecule has 2 rings (SSSR count). The number of hydrogen-bond donors (Lipinski definition) is 2. The summed E-state index contributed by atoms with van der Waals surface area (Å²) in [5, 5.41) is 5.34. The highest BCUT2D eigenvalue weighted by atomic mass is 16.1. The Morgan fingerprint density at radius 3 is 1.30 bits per heavy atom. The van der Waals surface area contributed by atoms with Gasteiger partial charge in [0, 0.05) is 13.1 Å². The molecule has 0 bridgehead atoms. The Labute approximate surface area is 136 Å². The van der Waals surface area contributed by atoms with Gasteiger partial charge in [0.05, 0.1) is 0 Å². The molecule has 2 N–H and O–H groups in total. The monoisotopic (exact) mass is 310 g/mol. The fourth-order valence-corrected chi connectivity index (χ4v) is 2.43. The lowest BCUT2D eigenvalue weighted by Gasteiger charge is -2.06.